The first kappa shape index (κ1) is 9.25. The monoisotopic (exact) mass is 189 g/mol. The molecule has 0 saturated carbocycles. The van der Waals surface area contributed by atoms with E-state index in [0.29, 0.717) is 5.92 Å². The van der Waals surface area contributed by atoms with Crippen LogP contribution in [0.3, 0.4) is 0 Å². The molecule has 0 aliphatic heterocycles. The summed E-state index contributed by atoms with van der Waals surface area (Å²) in [6.07, 6.45) is 1.09. The third-order valence-corrected chi connectivity index (χ3v) is 2.20. The summed E-state index contributed by atoms with van der Waals surface area (Å²) in [4.78, 5) is 4.27. The molecule has 2 nitrogen and oxygen atoms in total. The number of rotatable bonds is 2. The highest BCUT2D eigenvalue weighted by molar-refractivity contribution is 5.73. The number of hydrogen-bond acceptors (Lipinski definition) is 2. The van der Waals surface area contributed by atoms with E-state index in [0.717, 1.165) is 23.4 Å². The molecule has 2 heteroatoms. The summed E-state index contributed by atoms with van der Waals surface area (Å²) in [5, 5.41) is 0. The van der Waals surface area contributed by atoms with E-state index in [2.05, 4.69) is 31.0 Å². The fourth-order valence-corrected chi connectivity index (χ4v) is 1.68. The van der Waals surface area contributed by atoms with E-state index in [9.17, 15) is 0 Å². The van der Waals surface area contributed by atoms with Crippen LogP contribution in [0.4, 0.5) is 0 Å². The first-order valence-corrected chi connectivity index (χ1v) is 5.01. The Hall–Kier alpha value is -1.31. The highest BCUT2D eigenvalue weighted by Crippen LogP contribution is 2.18. The first-order valence-electron chi connectivity index (χ1n) is 5.01. The van der Waals surface area contributed by atoms with E-state index < -0.39 is 0 Å². The fourth-order valence-electron chi connectivity index (χ4n) is 1.68. The van der Waals surface area contributed by atoms with E-state index in [1.165, 1.54) is 5.56 Å². The highest BCUT2D eigenvalue weighted by atomic mass is 16.3. The summed E-state index contributed by atoms with van der Waals surface area (Å²) in [6.45, 7) is 6.31. The average molecular weight is 189 g/mol. The van der Waals surface area contributed by atoms with Crippen molar-refractivity contribution in [1.29, 1.82) is 0 Å². The van der Waals surface area contributed by atoms with Gasteiger partial charge in [-0.15, -0.1) is 0 Å². The molecule has 0 atom stereocenters. The van der Waals surface area contributed by atoms with Crippen LogP contribution < -0.4 is 0 Å². The minimum absolute atomic E-state index is 0.677. The summed E-state index contributed by atoms with van der Waals surface area (Å²) in [7, 11) is 0. The summed E-state index contributed by atoms with van der Waals surface area (Å²) in [6, 6.07) is 6.25. The SMILES string of the molecule is Cc1nc2ccc(CC(C)C)cc2o1. The normalized spacial score (nSPS) is 11.4. The lowest BCUT2D eigenvalue weighted by molar-refractivity contribution is 0.560. The molecule has 0 saturated heterocycles. The number of fused-ring (bicyclic) bond motifs is 1. The van der Waals surface area contributed by atoms with Gasteiger partial charge in [0.2, 0.25) is 0 Å². The summed E-state index contributed by atoms with van der Waals surface area (Å²) < 4.78 is 5.48. The van der Waals surface area contributed by atoms with Crippen LogP contribution in [-0.2, 0) is 6.42 Å². The number of hydrogen-bond donors (Lipinski definition) is 0. The maximum atomic E-state index is 5.48. The van der Waals surface area contributed by atoms with Crippen LogP contribution in [0, 0.1) is 12.8 Å². The molecular weight excluding hydrogens is 174 g/mol. The molecule has 2 rings (SSSR count). The van der Waals surface area contributed by atoms with Gasteiger partial charge in [-0.1, -0.05) is 19.9 Å². The number of aromatic nitrogens is 1. The van der Waals surface area contributed by atoms with Gasteiger partial charge in [-0.25, -0.2) is 4.98 Å². The van der Waals surface area contributed by atoms with E-state index in [1.807, 2.05) is 13.0 Å². The van der Waals surface area contributed by atoms with Gasteiger partial charge in [0.1, 0.15) is 5.52 Å². The fraction of sp³-hybridized carbons (Fsp3) is 0.417. The Morgan fingerprint density at radius 1 is 1.36 bits per heavy atom. The lowest BCUT2D eigenvalue weighted by Crippen LogP contribution is -1.92. The van der Waals surface area contributed by atoms with Crippen molar-refractivity contribution in [2.75, 3.05) is 0 Å². The molecule has 0 amide bonds. The Labute approximate surface area is 84.0 Å². The topological polar surface area (TPSA) is 26.0 Å². The van der Waals surface area contributed by atoms with Crippen LogP contribution in [0.5, 0.6) is 0 Å². The molecule has 1 heterocycles. The van der Waals surface area contributed by atoms with Gasteiger partial charge in [-0.3, -0.25) is 0 Å². The Balaban J connectivity index is 2.40. The zero-order chi connectivity index (χ0) is 10.1. The van der Waals surface area contributed by atoms with E-state index in [-0.39, 0.29) is 0 Å². The molecule has 0 radical (unpaired) electrons. The number of oxazole rings is 1. The summed E-state index contributed by atoms with van der Waals surface area (Å²) in [5.74, 6) is 1.41. The molecule has 0 spiro atoms. The van der Waals surface area contributed by atoms with Gasteiger partial charge in [0.25, 0.3) is 0 Å². The minimum atomic E-state index is 0.677. The molecule has 1 aromatic heterocycles. The Bertz CT molecular complexity index is 443. The van der Waals surface area contributed by atoms with Gasteiger partial charge in [0, 0.05) is 6.92 Å². The van der Waals surface area contributed by atoms with Gasteiger partial charge < -0.3 is 4.42 Å². The maximum absolute atomic E-state index is 5.48. The maximum Gasteiger partial charge on any atom is 0.192 e. The zero-order valence-corrected chi connectivity index (χ0v) is 8.87. The quantitative estimate of drug-likeness (QED) is 0.724. The molecule has 14 heavy (non-hydrogen) atoms. The molecule has 0 N–H and O–H groups in total. The number of aryl methyl sites for hydroxylation is 1. The lowest BCUT2D eigenvalue weighted by atomic mass is 10.0. The van der Waals surface area contributed by atoms with Crippen LogP contribution in [-0.4, -0.2) is 4.98 Å². The number of benzene rings is 1. The van der Waals surface area contributed by atoms with Crippen molar-refractivity contribution in [2.24, 2.45) is 5.92 Å². The molecule has 0 aliphatic rings. The largest absolute Gasteiger partial charge is 0.441 e. The third-order valence-electron chi connectivity index (χ3n) is 2.20. The Morgan fingerprint density at radius 2 is 2.14 bits per heavy atom. The molecular formula is C12H15NO. The van der Waals surface area contributed by atoms with Crippen molar-refractivity contribution in [3.63, 3.8) is 0 Å². The minimum Gasteiger partial charge on any atom is -0.441 e. The van der Waals surface area contributed by atoms with E-state index in [4.69, 9.17) is 4.42 Å². The van der Waals surface area contributed by atoms with Crippen LogP contribution in [0.15, 0.2) is 22.6 Å². The molecule has 0 unspecified atom stereocenters. The van der Waals surface area contributed by atoms with Crippen molar-refractivity contribution in [3.8, 4) is 0 Å². The van der Waals surface area contributed by atoms with Crippen molar-refractivity contribution in [1.82, 2.24) is 4.98 Å². The Morgan fingerprint density at radius 3 is 2.86 bits per heavy atom. The van der Waals surface area contributed by atoms with Gasteiger partial charge in [0.05, 0.1) is 0 Å². The van der Waals surface area contributed by atoms with Crippen molar-refractivity contribution in [3.05, 3.63) is 29.7 Å². The van der Waals surface area contributed by atoms with Gasteiger partial charge in [0.15, 0.2) is 11.5 Å². The van der Waals surface area contributed by atoms with E-state index >= 15 is 0 Å². The van der Waals surface area contributed by atoms with Gasteiger partial charge in [-0.05, 0) is 30.0 Å². The van der Waals surface area contributed by atoms with Crippen molar-refractivity contribution < 1.29 is 4.42 Å². The molecule has 0 fully saturated rings. The second-order valence-electron chi connectivity index (χ2n) is 4.13. The van der Waals surface area contributed by atoms with Crippen LogP contribution >= 0.6 is 0 Å². The molecule has 74 valence electrons. The molecule has 0 aliphatic carbocycles. The second kappa shape index (κ2) is 3.45. The van der Waals surface area contributed by atoms with Crippen molar-refractivity contribution >= 4 is 11.1 Å². The molecule has 1 aromatic carbocycles. The predicted molar refractivity (Wildman–Crippen MR) is 57.3 cm³/mol. The molecule has 0 bridgehead atoms. The standard InChI is InChI=1S/C12H15NO/c1-8(2)6-10-4-5-11-12(7-10)14-9(3)13-11/h4-5,7-8H,6H2,1-3H3. The average Bonchev–Trinajstić information content (AvgIpc) is 2.42. The van der Waals surface area contributed by atoms with Gasteiger partial charge in [-0.2, -0.15) is 0 Å². The van der Waals surface area contributed by atoms with Crippen LogP contribution in [0.25, 0.3) is 11.1 Å². The van der Waals surface area contributed by atoms with E-state index in [1.54, 1.807) is 0 Å². The lowest BCUT2D eigenvalue weighted by Gasteiger charge is -2.03. The summed E-state index contributed by atoms with van der Waals surface area (Å²) >= 11 is 0. The predicted octanol–water partition coefficient (Wildman–Crippen LogP) is 3.33. The third kappa shape index (κ3) is 1.79. The van der Waals surface area contributed by atoms with Crippen LogP contribution in [0.1, 0.15) is 25.3 Å². The van der Waals surface area contributed by atoms with Gasteiger partial charge >= 0.3 is 0 Å². The summed E-state index contributed by atoms with van der Waals surface area (Å²) in [5.41, 5.74) is 3.18. The van der Waals surface area contributed by atoms with Crippen molar-refractivity contribution in [2.45, 2.75) is 27.2 Å². The first-order chi connectivity index (χ1) is 6.65. The zero-order valence-electron chi connectivity index (χ0n) is 8.87. The smallest absolute Gasteiger partial charge is 0.192 e. The Kier molecular flexibility index (Phi) is 2.28. The molecule has 2 aromatic rings. The second-order valence-corrected chi connectivity index (χ2v) is 4.13. The highest BCUT2D eigenvalue weighted by Gasteiger charge is 2.04. The number of nitrogens with zero attached hydrogens (tertiary/aromatic N) is 1. The van der Waals surface area contributed by atoms with Crippen LogP contribution in [0.2, 0.25) is 0 Å².